The second-order valence-corrected chi connectivity index (χ2v) is 8.50. The zero-order valence-corrected chi connectivity index (χ0v) is 19.4. The fourth-order valence-corrected chi connectivity index (χ4v) is 4.46. The molecule has 1 aliphatic rings. The topological polar surface area (TPSA) is 67.7 Å². The molecule has 8 heteroatoms. The molecule has 0 amide bonds. The smallest absolute Gasteiger partial charge is 0.337 e. The van der Waals surface area contributed by atoms with Crippen molar-refractivity contribution in [3.05, 3.63) is 93.7 Å². The van der Waals surface area contributed by atoms with Crippen LogP contribution in [0.1, 0.15) is 10.4 Å². The first-order valence-electron chi connectivity index (χ1n) is 11.0. The average Bonchev–Trinajstić information content (AvgIpc) is 2.88. The predicted octanol–water partition coefficient (Wildman–Crippen LogP) is 4.15. The molecular formula is C26H23ClN4O3. The molecule has 1 aromatic heterocycles. The summed E-state index contributed by atoms with van der Waals surface area (Å²) in [5.41, 5.74) is 2.45. The molecule has 4 aromatic rings. The number of fused-ring (bicyclic) bond motifs is 1. The van der Waals surface area contributed by atoms with Gasteiger partial charge in [0.25, 0.3) is 5.56 Å². The average molecular weight is 475 g/mol. The number of piperazine rings is 1. The summed E-state index contributed by atoms with van der Waals surface area (Å²) >= 11 is 6.18. The van der Waals surface area contributed by atoms with E-state index in [1.165, 1.54) is 7.11 Å². The van der Waals surface area contributed by atoms with Gasteiger partial charge in [0.15, 0.2) is 0 Å². The number of esters is 1. The van der Waals surface area contributed by atoms with Gasteiger partial charge in [-0.2, -0.15) is 0 Å². The number of anilines is 2. The molecule has 0 radical (unpaired) electrons. The summed E-state index contributed by atoms with van der Waals surface area (Å²) in [6.45, 7) is 2.86. The number of aromatic nitrogens is 2. The number of hydrogen-bond donors (Lipinski definition) is 0. The number of rotatable bonds is 4. The Bertz CT molecular complexity index is 1410. The molecule has 1 saturated heterocycles. The fraction of sp³-hybridized carbons (Fsp3) is 0.192. The number of para-hydroxylation sites is 1. The summed E-state index contributed by atoms with van der Waals surface area (Å²) in [5.74, 6) is 0.0871. The normalized spacial score (nSPS) is 13.8. The number of methoxy groups -OCH3 is 1. The maximum absolute atomic E-state index is 13.6. The van der Waals surface area contributed by atoms with Crippen LogP contribution in [0.3, 0.4) is 0 Å². The number of halogens is 1. The molecule has 0 unspecified atom stereocenters. The van der Waals surface area contributed by atoms with Crippen molar-refractivity contribution in [2.24, 2.45) is 0 Å². The monoisotopic (exact) mass is 474 g/mol. The second-order valence-electron chi connectivity index (χ2n) is 8.07. The molecule has 1 aliphatic heterocycles. The zero-order valence-electron chi connectivity index (χ0n) is 18.6. The van der Waals surface area contributed by atoms with E-state index < -0.39 is 5.97 Å². The van der Waals surface area contributed by atoms with E-state index in [2.05, 4.69) is 9.80 Å². The molecule has 0 spiro atoms. The maximum atomic E-state index is 13.6. The molecule has 3 aromatic carbocycles. The molecule has 172 valence electrons. The lowest BCUT2D eigenvalue weighted by atomic mass is 10.1. The molecule has 0 bridgehead atoms. The molecule has 7 nitrogen and oxygen atoms in total. The van der Waals surface area contributed by atoms with E-state index in [0.717, 1.165) is 24.5 Å². The van der Waals surface area contributed by atoms with Crippen LogP contribution in [-0.4, -0.2) is 48.8 Å². The van der Waals surface area contributed by atoms with Crippen molar-refractivity contribution < 1.29 is 9.53 Å². The van der Waals surface area contributed by atoms with E-state index in [4.69, 9.17) is 21.3 Å². The van der Waals surface area contributed by atoms with Gasteiger partial charge >= 0.3 is 5.97 Å². The van der Waals surface area contributed by atoms with Crippen molar-refractivity contribution in [1.82, 2.24) is 9.55 Å². The Hall–Kier alpha value is -3.84. The lowest BCUT2D eigenvalue weighted by molar-refractivity contribution is 0.0601. The summed E-state index contributed by atoms with van der Waals surface area (Å²) < 4.78 is 6.49. The van der Waals surface area contributed by atoms with Crippen LogP contribution in [0.15, 0.2) is 77.6 Å². The third kappa shape index (κ3) is 4.10. The van der Waals surface area contributed by atoms with Gasteiger partial charge < -0.3 is 14.5 Å². The number of carbonyl (C=O) groups is 1. The number of benzene rings is 3. The highest BCUT2D eigenvalue weighted by atomic mass is 35.5. The highest BCUT2D eigenvalue weighted by Gasteiger charge is 2.24. The minimum Gasteiger partial charge on any atom is -0.465 e. The molecule has 2 heterocycles. The molecule has 1 fully saturated rings. The third-order valence-corrected chi connectivity index (χ3v) is 6.26. The molecule has 0 aliphatic carbocycles. The lowest BCUT2D eigenvalue weighted by Crippen LogP contribution is -2.48. The maximum Gasteiger partial charge on any atom is 0.337 e. The van der Waals surface area contributed by atoms with E-state index in [9.17, 15) is 9.59 Å². The largest absolute Gasteiger partial charge is 0.465 e. The summed E-state index contributed by atoms with van der Waals surface area (Å²) in [6, 6.07) is 22.1. The third-order valence-electron chi connectivity index (χ3n) is 6.02. The van der Waals surface area contributed by atoms with Gasteiger partial charge in [0.05, 0.1) is 29.3 Å². The number of carbonyl (C=O) groups excluding carboxylic acids is 1. The van der Waals surface area contributed by atoms with Crippen molar-refractivity contribution in [2.45, 2.75) is 0 Å². The van der Waals surface area contributed by atoms with Gasteiger partial charge in [0, 0.05) is 36.9 Å². The second kappa shape index (κ2) is 9.19. The van der Waals surface area contributed by atoms with Gasteiger partial charge in [-0.25, -0.2) is 14.3 Å². The minimum absolute atomic E-state index is 0.181. The van der Waals surface area contributed by atoms with Crippen LogP contribution in [0, 0.1) is 0 Å². The Balaban J connectivity index is 1.57. The van der Waals surface area contributed by atoms with Crippen molar-refractivity contribution in [3.63, 3.8) is 0 Å². The van der Waals surface area contributed by atoms with Crippen LogP contribution in [-0.2, 0) is 4.74 Å². The predicted molar refractivity (Wildman–Crippen MR) is 135 cm³/mol. The standard InChI is InChI=1S/C26H23ClN4O3/c1-34-25(33)18-10-11-22-23(16-18)28-26(31(24(22)32)20-7-3-2-4-8-20)30-14-12-29(13-15-30)21-9-5-6-19(27)17-21/h2-11,16-17H,12-15H2,1H3. The van der Waals surface area contributed by atoms with Crippen molar-refractivity contribution in [1.29, 1.82) is 0 Å². The number of hydrogen-bond acceptors (Lipinski definition) is 6. The van der Waals surface area contributed by atoms with Crippen LogP contribution in [0.5, 0.6) is 0 Å². The Morgan fingerprint density at radius 1 is 0.882 bits per heavy atom. The van der Waals surface area contributed by atoms with Gasteiger partial charge in [-0.1, -0.05) is 35.9 Å². The van der Waals surface area contributed by atoms with Crippen LogP contribution in [0.4, 0.5) is 11.6 Å². The van der Waals surface area contributed by atoms with Gasteiger partial charge in [-0.05, 0) is 48.5 Å². The molecule has 34 heavy (non-hydrogen) atoms. The fourth-order valence-electron chi connectivity index (χ4n) is 4.28. The first-order chi connectivity index (χ1) is 16.5. The highest BCUT2D eigenvalue weighted by Crippen LogP contribution is 2.25. The Labute approximate surface area is 201 Å². The summed E-state index contributed by atoms with van der Waals surface area (Å²) in [6.07, 6.45) is 0. The van der Waals surface area contributed by atoms with Crippen LogP contribution < -0.4 is 15.4 Å². The van der Waals surface area contributed by atoms with Crippen LogP contribution in [0.2, 0.25) is 5.02 Å². The number of nitrogens with zero attached hydrogens (tertiary/aromatic N) is 4. The van der Waals surface area contributed by atoms with Gasteiger partial charge in [-0.15, -0.1) is 0 Å². The molecule has 5 rings (SSSR count). The summed E-state index contributed by atoms with van der Waals surface area (Å²) in [4.78, 5) is 34.9. The van der Waals surface area contributed by atoms with Crippen LogP contribution >= 0.6 is 11.6 Å². The van der Waals surface area contributed by atoms with E-state index in [1.54, 1.807) is 22.8 Å². The lowest BCUT2D eigenvalue weighted by Gasteiger charge is -2.37. The summed E-state index contributed by atoms with van der Waals surface area (Å²) in [5, 5.41) is 1.15. The van der Waals surface area contributed by atoms with Gasteiger partial charge in [-0.3, -0.25) is 4.79 Å². The number of ether oxygens (including phenoxy) is 1. The molecule has 0 saturated carbocycles. The van der Waals surface area contributed by atoms with Crippen molar-refractivity contribution >= 4 is 40.1 Å². The minimum atomic E-state index is -0.465. The Morgan fingerprint density at radius 3 is 2.29 bits per heavy atom. The molecule has 0 N–H and O–H groups in total. The van der Waals surface area contributed by atoms with Crippen LogP contribution in [0.25, 0.3) is 16.6 Å². The highest BCUT2D eigenvalue weighted by molar-refractivity contribution is 6.30. The van der Waals surface area contributed by atoms with E-state index in [-0.39, 0.29) is 5.56 Å². The quantitative estimate of drug-likeness (QED) is 0.414. The Kier molecular flexibility index (Phi) is 5.94. The van der Waals surface area contributed by atoms with E-state index >= 15 is 0 Å². The SMILES string of the molecule is COC(=O)c1ccc2c(=O)n(-c3ccccc3)c(N3CCN(c4cccc(Cl)c4)CC3)nc2c1. The van der Waals surface area contributed by atoms with Gasteiger partial charge in [0.1, 0.15) is 0 Å². The molecular weight excluding hydrogens is 452 g/mol. The molecule has 0 atom stereocenters. The van der Waals surface area contributed by atoms with E-state index in [0.29, 0.717) is 40.5 Å². The van der Waals surface area contributed by atoms with Crippen molar-refractivity contribution in [3.8, 4) is 5.69 Å². The van der Waals surface area contributed by atoms with Gasteiger partial charge in [0.2, 0.25) is 5.95 Å². The van der Waals surface area contributed by atoms with E-state index in [1.807, 2.05) is 54.6 Å². The Morgan fingerprint density at radius 2 is 1.59 bits per heavy atom. The first kappa shape index (κ1) is 22.0. The zero-order chi connectivity index (χ0) is 23.7. The van der Waals surface area contributed by atoms with Crippen molar-refractivity contribution in [2.75, 3.05) is 43.1 Å². The summed E-state index contributed by atoms with van der Waals surface area (Å²) in [7, 11) is 1.33. The first-order valence-corrected chi connectivity index (χ1v) is 11.4.